The molecule has 4 aliphatic carbocycles. The molecular weight excluding hydrogens is 324 g/mol. The number of imidazole rings is 1. The Bertz CT molecular complexity index is 795. The average Bonchev–Trinajstić information content (AvgIpc) is 3.23. The molecule has 4 aliphatic rings. The minimum Gasteiger partial charge on any atom is -0.327 e. The summed E-state index contributed by atoms with van der Waals surface area (Å²) in [5.74, 6) is 2.44. The van der Waals surface area contributed by atoms with Crippen molar-refractivity contribution in [3.8, 4) is 0 Å². The van der Waals surface area contributed by atoms with Crippen LogP contribution in [-0.4, -0.2) is 21.1 Å². The third kappa shape index (κ3) is 2.04. The number of aromatic nitrogens is 2. The van der Waals surface area contributed by atoms with Crippen molar-refractivity contribution in [2.45, 2.75) is 64.8 Å². The molecule has 0 saturated heterocycles. The number of Topliss-reactive ketones (excluding diaryl/α,β-unsaturated/α-hetero) is 1. The third-order valence-electron chi connectivity index (χ3n) is 8.58. The molecule has 0 aromatic carbocycles. The fraction of sp³-hybridized carbons (Fsp3) is 0.682. The second-order valence-corrected chi connectivity index (χ2v) is 9.55. The molecule has 0 radical (unpaired) electrons. The van der Waals surface area contributed by atoms with Crippen molar-refractivity contribution in [2.24, 2.45) is 28.6 Å². The summed E-state index contributed by atoms with van der Waals surface area (Å²) in [6.07, 6.45) is 14.4. The summed E-state index contributed by atoms with van der Waals surface area (Å²) in [5.41, 5.74) is 1.39. The van der Waals surface area contributed by atoms with E-state index in [1.54, 1.807) is 12.5 Å². The Morgan fingerprint density at radius 3 is 2.69 bits per heavy atom. The van der Waals surface area contributed by atoms with Crippen molar-refractivity contribution >= 4 is 11.6 Å². The van der Waals surface area contributed by atoms with Crippen LogP contribution in [0, 0.1) is 28.6 Å². The molecule has 1 aromatic heterocycles. The van der Waals surface area contributed by atoms with Crippen LogP contribution in [0.5, 0.6) is 0 Å². The van der Waals surface area contributed by atoms with Gasteiger partial charge in [-0.05, 0) is 67.8 Å². The highest BCUT2D eigenvalue weighted by atomic mass is 16.1. The van der Waals surface area contributed by atoms with Gasteiger partial charge in [-0.25, -0.2) is 4.98 Å². The van der Waals surface area contributed by atoms with E-state index in [-0.39, 0.29) is 16.9 Å². The Kier molecular flexibility index (Phi) is 3.42. The van der Waals surface area contributed by atoms with Gasteiger partial charge in [0.25, 0.3) is 0 Å². The van der Waals surface area contributed by atoms with Crippen LogP contribution >= 0.6 is 0 Å². The van der Waals surface area contributed by atoms with Crippen LogP contribution in [0.15, 0.2) is 30.4 Å². The number of hydrogen-bond donors (Lipinski definition) is 0. The van der Waals surface area contributed by atoms with E-state index < -0.39 is 0 Å². The van der Waals surface area contributed by atoms with Gasteiger partial charge < -0.3 is 4.57 Å². The zero-order valence-electron chi connectivity index (χ0n) is 15.8. The van der Waals surface area contributed by atoms with E-state index in [1.165, 1.54) is 5.57 Å². The smallest absolute Gasteiger partial charge is 0.161 e. The monoisotopic (exact) mass is 352 g/mol. The second kappa shape index (κ2) is 5.40. The molecule has 0 spiro atoms. The molecule has 5 rings (SSSR count). The lowest BCUT2D eigenvalue weighted by atomic mass is 9.47. The van der Waals surface area contributed by atoms with Crippen molar-refractivity contribution < 1.29 is 9.59 Å². The average molecular weight is 352 g/mol. The maximum atomic E-state index is 13.3. The van der Waals surface area contributed by atoms with Crippen molar-refractivity contribution in [3.05, 3.63) is 30.4 Å². The highest BCUT2D eigenvalue weighted by Gasteiger charge is 2.61. The summed E-state index contributed by atoms with van der Waals surface area (Å²) >= 11 is 0. The molecule has 3 saturated carbocycles. The summed E-state index contributed by atoms with van der Waals surface area (Å²) in [6.45, 7) is 4.63. The van der Waals surface area contributed by atoms with Crippen LogP contribution in [-0.2, 0) is 9.59 Å². The van der Waals surface area contributed by atoms with Gasteiger partial charge in [0, 0.05) is 24.2 Å². The van der Waals surface area contributed by atoms with Crippen LogP contribution in [0.25, 0.3) is 0 Å². The molecule has 0 unspecified atom stereocenters. The molecule has 1 heterocycles. The SMILES string of the molecule is C[C@]12CCC(=O)C=C1CC[C@@H]1[C@@H]2CC[C@]2(C)C(=O)[C@H](n3ccnc3)C[C@@H]12. The number of rotatable bonds is 1. The molecule has 0 aliphatic heterocycles. The molecule has 4 heteroatoms. The first kappa shape index (κ1) is 16.5. The van der Waals surface area contributed by atoms with E-state index in [0.29, 0.717) is 35.7 Å². The maximum absolute atomic E-state index is 13.3. The summed E-state index contributed by atoms with van der Waals surface area (Å²) in [5, 5.41) is 0. The van der Waals surface area contributed by atoms with Gasteiger partial charge in [0.1, 0.15) is 0 Å². The van der Waals surface area contributed by atoms with Crippen molar-refractivity contribution in [2.75, 3.05) is 0 Å². The number of ketones is 2. The number of carbonyl (C=O) groups is 2. The molecule has 0 N–H and O–H groups in total. The quantitative estimate of drug-likeness (QED) is 0.763. The van der Waals surface area contributed by atoms with Crippen molar-refractivity contribution in [1.29, 1.82) is 0 Å². The summed E-state index contributed by atoms with van der Waals surface area (Å²) in [7, 11) is 0. The minimum atomic E-state index is -0.182. The third-order valence-corrected chi connectivity index (χ3v) is 8.58. The summed E-state index contributed by atoms with van der Waals surface area (Å²) in [6, 6.07) is -0.0380. The molecule has 3 fully saturated rings. The van der Waals surface area contributed by atoms with Crippen molar-refractivity contribution in [1.82, 2.24) is 9.55 Å². The second-order valence-electron chi connectivity index (χ2n) is 9.55. The zero-order valence-corrected chi connectivity index (χ0v) is 15.8. The Balaban J connectivity index is 1.50. The van der Waals surface area contributed by atoms with Gasteiger partial charge in [0.15, 0.2) is 11.6 Å². The number of carbonyl (C=O) groups excluding carboxylic acids is 2. The van der Waals surface area contributed by atoms with E-state index in [1.807, 2.05) is 16.8 Å². The van der Waals surface area contributed by atoms with E-state index in [0.717, 1.165) is 38.5 Å². The number of hydrogen-bond acceptors (Lipinski definition) is 3. The maximum Gasteiger partial charge on any atom is 0.161 e. The van der Waals surface area contributed by atoms with E-state index in [2.05, 4.69) is 18.8 Å². The van der Waals surface area contributed by atoms with Gasteiger partial charge in [-0.15, -0.1) is 0 Å². The van der Waals surface area contributed by atoms with E-state index >= 15 is 0 Å². The first-order valence-electron chi connectivity index (χ1n) is 10.2. The molecular formula is C22H28N2O2. The van der Waals surface area contributed by atoms with Crippen LogP contribution in [0.1, 0.15) is 64.8 Å². The molecule has 26 heavy (non-hydrogen) atoms. The lowest BCUT2D eigenvalue weighted by molar-refractivity contribution is -0.134. The fourth-order valence-corrected chi connectivity index (χ4v) is 7.06. The lowest BCUT2D eigenvalue weighted by Crippen LogP contribution is -2.50. The fourth-order valence-electron chi connectivity index (χ4n) is 7.06. The Morgan fingerprint density at radius 1 is 1.08 bits per heavy atom. The number of allylic oxidation sites excluding steroid dienone is 1. The topological polar surface area (TPSA) is 52.0 Å². The molecule has 0 bridgehead atoms. The van der Waals surface area contributed by atoms with E-state index in [4.69, 9.17) is 0 Å². The molecule has 0 amide bonds. The highest BCUT2D eigenvalue weighted by Crippen LogP contribution is 2.65. The van der Waals surface area contributed by atoms with Gasteiger partial charge in [-0.1, -0.05) is 19.4 Å². The predicted molar refractivity (Wildman–Crippen MR) is 98.4 cm³/mol. The van der Waals surface area contributed by atoms with Gasteiger partial charge in [-0.3, -0.25) is 9.59 Å². The molecule has 138 valence electrons. The molecule has 1 aromatic rings. The standard InChI is InChI=1S/C22H28N2O2/c1-21-7-5-15(25)11-14(21)3-4-16-17(21)6-8-22(2)18(16)12-19(20(22)26)24-10-9-23-13-24/h9-11,13,16-19H,3-8,12H2,1-2H3/t16-,17+,18+,19-,21+,22+/m1/s1. The summed E-state index contributed by atoms with van der Waals surface area (Å²) < 4.78 is 2.02. The zero-order chi connectivity index (χ0) is 18.1. The van der Waals surface area contributed by atoms with Crippen LogP contribution < -0.4 is 0 Å². The van der Waals surface area contributed by atoms with Crippen LogP contribution in [0.3, 0.4) is 0 Å². The molecule has 4 nitrogen and oxygen atoms in total. The normalized spacial score (nSPS) is 44.9. The Hall–Kier alpha value is -1.71. The largest absolute Gasteiger partial charge is 0.327 e. The van der Waals surface area contributed by atoms with Gasteiger partial charge in [0.05, 0.1) is 12.4 Å². The minimum absolute atomic E-state index is 0.0380. The van der Waals surface area contributed by atoms with Crippen LogP contribution in [0.2, 0.25) is 0 Å². The predicted octanol–water partition coefficient (Wildman–Crippen LogP) is 4.14. The summed E-state index contributed by atoms with van der Waals surface area (Å²) in [4.78, 5) is 29.4. The van der Waals surface area contributed by atoms with E-state index in [9.17, 15) is 9.59 Å². The highest BCUT2D eigenvalue weighted by molar-refractivity contribution is 5.92. The Morgan fingerprint density at radius 2 is 1.92 bits per heavy atom. The number of fused-ring (bicyclic) bond motifs is 5. The van der Waals surface area contributed by atoms with Crippen LogP contribution in [0.4, 0.5) is 0 Å². The number of nitrogens with zero attached hydrogens (tertiary/aromatic N) is 2. The molecule has 6 atom stereocenters. The van der Waals surface area contributed by atoms with Gasteiger partial charge in [0.2, 0.25) is 0 Å². The Labute approximate surface area is 155 Å². The van der Waals surface area contributed by atoms with Crippen molar-refractivity contribution in [3.63, 3.8) is 0 Å². The lowest BCUT2D eigenvalue weighted by Gasteiger charge is -2.56. The van der Waals surface area contributed by atoms with Gasteiger partial charge in [-0.2, -0.15) is 0 Å². The first-order valence-corrected chi connectivity index (χ1v) is 10.2. The van der Waals surface area contributed by atoms with Gasteiger partial charge >= 0.3 is 0 Å². The first-order chi connectivity index (χ1) is 12.4.